The van der Waals surface area contributed by atoms with Gasteiger partial charge in [0.25, 0.3) is 0 Å². The number of hydrogen-bond acceptors (Lipinski definition) is 2. The normalized spacial score (nSPS) is 35.8. The molecular weight excluding hydrogens is 160 g/mol. The van der Waals surface area contributed by atoms with Crippen LogP contribution < -0.4 is 5.32 Å². The summed E-state index contributed by atoms with van der Waals surface area (Å²) in [5.74, 6) is 0. The molecule has 2 rings (SSSR count). The fourth-order valence-electron chi connectivity index (χ4n) is 2.91. The number of rotatable bonds is 2. The van der Waals surface area contributed by atoms with Gasteiger partial charge in [-0.2, -0.15) is 0 Å². The summed E-state index contributed by atoms with van der Waals surface area (Å²) in [6, 6.07) is 1.68. The highest BCUT2D eigenvalue weighted by atomic mass is 15.2. The van der Waals surface area contributed by atoms with E-state index < -0.39 is 0 Å². The lowest BCUT2D eigenvalue weighted by Crippen LogP contribution is -2.58. The number of piperazine rings is 1. The molecule has 0 unspecified atom stereocenters. The van der Waals surface area contributed by atoms with Crippen molar-refractivity contribution in [2.24, 2.45) is 0 Å². The molecule has 1 saturated heterocycles. The fourth-order valence-corrected chi connectivity index (χ4v) is 2.91. The van der Waals surface area contributed by atoms with Gasteiger partial charge in [0.2, 0.25) is 0 Å². The van der Waals surface area contributed by atoms with Gasteiger partial charge in [-0.1, -0.05) is 19.8 Å². The Kier molecular flexibility index (Phi) is 3.23. The molecule has 2 nitrogen and oxygen atoms in total. The lowest BCUT2D eigenvalue weighted by Gasteiger charge is -2.44. The summed E-state index contributed by atoms with van der Waals surface area (Å²) < 4.78 is 0. The van der Waals surface area contributed by atoms with Gasteiger partial charge in [0.15, 0.2) is 0 Å². The Morgan fingerprint density at radius 3 is 3.00 bits per heavy atom. The zero-order valence-corrected chi connectivity index (χ0v) is 8.76. The molecular formula is C11H22N2. The van der Waals surface area contributed by atoms with Crippen LogP contribution in [0.4, 0.5) is 0 Å². The van der Waals surface area contributed by atoms with Crippen molar-refractivity contribution >= 4 is 0 Å². The first-order chi connectivity index (χ1) is 6.42. The summed E-state index contributed by atoms with van der Waals surface area (Å²) in [5.41, 5.74) is 0. The number of nitrogens with one attached hydrogen (secondary N) is 1. The molecule has 0 aromatic carbocycles. The van der Waals surface area contributed by atoms with Crippen LogP contribution >= 0.6 is 0 Å². The van der Waals surface area contributed by atoms with E-state index in [1.807, 2.05) is 0 Å². The highest BCUT2D eigenvalue weighted by Gasteiger charge is 2.31. The van der Waals surface area contributed by atoms with Gasteiger partial charge in [-0.3, -0.25) is 4.90 Å². The lowest BCUT2D eigenvalue weighted by atomic mass is 9.87. The first-order valence-corrected chi connectivity index (χ1v) is 5.89. The van der Waals surface area contributed by atoms with E-state index in [1.54, 1.807) is 0 Å². The fraction of sp³-hybridized carbons (Fsp3) is 1.00. The third-order valence-corrected chi connectivity index (χ3v) is 3.51. The van der Waals surface area contributed by atoms with Crippen LogP contribution in [0.25, 0.3) is 0 Å². The zero-order chi connectivity index (χ0) is 9.10. The van der Waals surface area contributed by atoms with Crippen LogP contribution in [0.15, 0.2) is 0 Å². The van der Waals surface area contributed by atoms with Crippen LogP contribution in [-0.2, 0) is 0 Å². The van der Waals surface area contributed by atoms with E-state index in [0.29, 0.717) is 0 Å². The van der Waals surface area contributed by atoms with E-state index in [1.165, 1.54) is 51.7 Å². The van der Waals surface area contributed by atoms with Gasteiger partial charge in [-0.05, 0) is 25.8 Å². The Balaban J connectivity index is 1.94. The van der Waals surface area contributed by atoms with Crippen molar-refractivity contribution in [2.75, 3.05) is 19.6 Å². The maximum absolute atomic E-state index is 3.67. The Morgan fingerprint density at radius 2 is 2.15 bits per heavy atom. The third kappa shape index (κ3) is 2.05. The molecule has 76 valence electrons. The summed E-state index contributed by atoms with van der Waals surface area (Å²) in [4.78, 5) is 2.71. The summed E-state index contributed by atoms with van der Waals surface area (Å²) in [5, 5.41) is 3.67. The average Bonchev–Trinajstić information content (AvgIpc) is 2.19. The van der Waals surface area contributed by atoms with Gasteiger partial charge in [-0.25, -0.2) is 0 Å². The van der Waals surface area contributed by atoms with Gasteiger partial charge in [-0.15, -0.1) is 0 Å². The molecule has 1 saturated carbocycles. The van der Waals surface area contributed by atoms with Crippen molar-refractivity contribution in [3.63, 3.8) is 0 Å². The van der Waals surface area contributed by atoms with Crippen LogP contribution in [0, 0.1) is 0 Å². The van der Waals surface area contributed by atoms with Crippen molar-refractivity contribution in [1.82, 2.24) is 10.2 Å². The van der Waals surface area contributed by atoms with Crippen molar-refractivity contribution in [2.45, 2.75) is 51.1 Å². The molecule has 2 fully saturated rings. The van der Waals surface area contributed by atoms with E-state index in [0.717, 1.165) is 12.1 Å². The SMILES string of the molecule is CCCN1CCN[C@@H]2CCCC[C@H]21. The molecule has 2 heteroatoms. The molecule has 1 aliphatic carbocycles. The van der Waals surface area contributed by atoms with Gasteiger partial charge in [0.1, 0.15) is 0 Å². The van der Waals surface area contributed by atoms with Crippen LogP contribution in [0.2, 0.25) is 0 Å². The summed E-state index contributed by atoms with van der Waals surface area (Å²) >= 11 is 0. The van der Waals surface area contributed by atoms with Gasteiger partial charge in [0, 0.05) is 25.2 Å². The van der Waals surface area contributed by atoms with E-state index in [9.17, 15) is 0 Å². The topological polar surface area (TPSA) is 15.3 Å². The van der Waals surface area contributed by atoms with Crippen molar-refractivity contribution in [3.8, 4) is 0 Å². The molecule has 0 aromatic heterocycles. The minimum absolute atomic E-state index is 0.814. The Labute approximate surface area is 81.7 Å². The second-order valence-electron chi connectivity index (χ2n) is 4.45. The maximum atomic E-state index is 3.67. The van der Waals surface area contributed by atoms with Gasteiger partial charge < -0.3 is 5.32 Å². The van der Waals surface area contributed by atoms with Crippen molar-refractivity contribution in [3.05, 3.63) is 0 Å². The highest BCUT2D eigenvalue weighted by Crippen LogP contribution is 2.25. The second-order valence-corrected chi connectivity index (χ2v) is 4.45. The number of nitrogens with zero attached hydrogens (tertiary/aromatic N) is 1. The van der Waals surface area contributed by atoms with Crippen LogP contribution in [0.1, 0.15) is 39.0 Å². The molecule has 2 atom stereocenters. The molecule has 0 amide bonds. The summed E-state index contributed by atoms with van der Waals surface area (Å²) in [7, 11) is 0. The molecule has 1 aliphatic heterocycles. The quantitative estimate of drug-likeness (QED) is 0.698. The molecule has 0 aromatic rings. The first kappa shape index (κ1) is 9.47. The number of fused-ring (bicyclic) bond motifs is 1. The van der Waals surface area contributed by atoms with E-state index in [2.05, 4.69) is 17.1 Å². The predicted octanol–water partition coefficient (Wildman–Crippen LogP) is 1.61. The van der Waals surface area contributed by atoms with Crippen molar-refractivity contribution < 1.29 is 0 Å². The number of hydrogen-bond donors (Lipinski definition) is 1. The standard InChI is InChI=1S/C11H22N2/c1-2-8-13-9-7-12-10-5-3-4-6-11(10)13/h10-12H,2-9H2,1H3/t10-,11-/m1/s1. The molecule has 1 N–H and O–H groups in total. The van der Waals surface area contributed by atoms with Crippen LogP contribution in [-0.4, -0.2) is 36.6 Å². The van der Waals surface area contributed by atoms with Crippen LogP contribution in [0.3, 0.4) is 0 Å². The summed E-state index contributed by atoms with van der Waals surface area (Å²) in [6.07, 6.45) is 7.03. The minimum Gasteiger partial charge on any atom is -0.311 e. The molecule has 2 aliphatic rings. The van der Waals surface area contributed by atoms with Crippen molar-refractivity contribution in [1.29, 1.82) is 0 Å². The largest absolute Gasteiger partial charge is 0.311 e. The van der Waals surface area contributed by atoms with E-state index in [-0.39, 0.29) is 0 Å². The smallest absolute Gasteiger partial charge is 0.0249 e. The molecule has 13 heavy (non-hydrogen) atoms. The second kappa shape index (κ2) is 4.43. The third-order valence-electron chi connectivity index (χ3n) is 3.51. The Bertz CT molecular complexity index is 154. The minimum atomic E-state index is 0.814. The van der Waals surface area contributed by atoms with E-state index in [4.69, 9.17) is 0 Å². The summed E-state index contributed by atoms with van der Waals surface area (Å²) in [6.45, 7) is 6.08. The van der Waals surface area contributed by atoms with Gasteiger partial charge >= 0.3 is 0 Å². The Hall–Kier alpha value is -0.0800. The molecule has 0 spiro atoms. The maximum Gasteiger partial charge on any atom is 0.0249 e. The highest BCUT2D eigenvalue weighted by molar-refractivity contribution is 4.91. The molecule has 1 heterocycles. The van der Waals surface area contributed by atoms with Crippen LogP contribution in [0.5, 0.6) is 0 Å². The first-order valence-electron chi connectivity index (χ1n) is 5.89. The van der Waals surface area contributed by atoms with Gasteiger partial charge in [0.05, 0.1) is 0 Å². The Morgan fingerprint density at radius 1 is 1.31 bits per heavy atom. The predicted molar refractivity (Wildman–Crippen MR) is 55.9 cm³/mol. The van der Waals surface area contributed by atoms with E-state index >= 15 is 0 Å². The monoisotopic (exact) mass is 182 g/mol. The average molecular weight is 182 g/mol. The molecule has 0 radical (unpaired) electrons. The zero-order valence-electron chi connectivity index (χ0n) is 8.76. The lowest BCUT2D eigenvalue weighted by molar-refractivity contribution is 0.0883. The molecule has 0 bridgehead atoms.